The van der Waals surface area contributed by atoms with Crippen LogP contribution in [0.1, 0.15) is 18.0 Å². The smallest absolute Gasteiger partial charge is 0.325 e. The van der Waals surface area contributed by atoms with E-state index < -0.39 is 76.6 Å². The number of nitrogen functional groups attached to an aromatic ring is 1. The zero-order chi connectivity index (χ0) is 32.7. The topological polar surface area (TPSA) is 222 Å². The summed E-state index contributed by atoms with van der Waals surface area (Å²) in [7, 11) is 1.49. The van der Waals surface area contributed by atoms with Crippen LogP contribution < -0.4 is 11.2 Å². The molecule has 0 saturated carbocycles. The number of pyridine rings is 1. The van der Waals surface area contributed by atoms with E-state index in [1.807, 2.05) is 0 Å². The number of nitrogens with one attached hydrogen (secondary N) is 1. The lowest BCUT2D eigenvalue weighted by Gasteiger charge is -2.30. The standard InChI is InChI=1S/C24H26BFN8O10P2S/c25-45(36)39-6-12-18(15(26)23(41-12)34-9-31-16-20(27)29-8-30-22(16)34)44-46(37,47)40-7-13-19(43-45)17(35)24(42-13)33-5-10-2-4-38-32-11-1-3-28-21(33)14(10)11/h1,3,5,8-9,12-13,15,17-19,23-24,32,35H,2,4,6-7H2,(H,37,47)(H2,27,29,30)/t12-,13-,15?,17+,18+,19?,23-,24-,45?,46?/m1/s1. The fourth-order valence-corrected chi connectivity index (χ4v) is 8.64. The van der Waals surface area contributed by atoms with Gasteiger partial charge in [0.05, 0.1) is 31.8 Å². The number of ether oxygens (including phenoxy) is 2. The number of anilines is 2. The Morgan fingerprint density at radius 2 is 1.85 bits per heavy atom. The zero-order valence-corrected chi connectivity index (χ0v) is 26.6. The van der Waals surface area contributed by atoms with Crippen LogP contribution in [-0.2, 0) is 55.2 Å². The normalized spacial score (nSPS) is 37.9. The molecule has 0 amide bonds. The molecule has 10 atom stereocenters. The molecule has 3 fully saturated rings. The Morgan fingerprint density at radius 3 is 2.70 bits per heavy atom. The van der Waals surface area contributed by atoms with Gasteiger partial charge in [0, 0.05) is 24.2 Å². The summed E-state index contributed by atoms with van der Waals surface area (Å²) in [5.74, 6) is 0.0677. The predicted octanol–water partition coefficient (Wildman–Crippen LogP) is 1.16. The number of aliphatic hydroxyl groups is 1. The van der Waals surface area contributed by atoms with Crippen molar-refractivity contribution in [3.8, 4) is 0 Å². The molecule has 0 aliphatic carbocycles. The predicted molar refractivity (Wildman–Crippen MR) is 163 cm³/mol. The molecule has 3 saturated heterocycles. The van der Waals surface area contributed by atoms with Crippen LogP contribution in [0, 0.1) is 0 Å². The van der Waals surface area contributed by atoms with Gasteiger partial charge < -0.3 is 43.3 Å². The van der Waals surface area contributed by atoms with Gasteiger partial charge in [-0.05, 0) is 23.4 Å². The van der Waals surface area contributed by atoms with Gasteiger partial charge >= 0.3 is 6.72 Å². The molecular formula is C24H26BFN8O10P2S. The van der Waals surface area contributed by atoms with Crippen LogP contribution >= 0.6 is 14.2 Å². The van der Waals surface area contributed by atoms with E-state index in [0.29, 0.717) is 24.4 Å². The van der Waals surface area contributed by atoms with Crippen LogP contribution in [0.3, 0.4) is 0 Å². The molecule has 4 aliphatic rings. The quantitative estimate of drug-likeness (QED) is 0.169. The molecule has 47 heavy (non-hydrogen) atoms. The SMILES string of the molecule is [B]P1(=O)OC[C@H]2O[C@@H](n3cnc4c(N)ncnc43)C(F)[C@H]2OP(O)(=S)OC[C@H]2O[C@@H](n3cc4c5c(ccnc53)NOCC4)[C@@H](O)C2O1. The number of halogens is 1. The van der Waals surface area contributed by atoms with Crippen LogP contribution in [-0.4, -0.2) is 103 Å². The van der Waals surface area contributed by atoms with Crippen molar-refractivity contribution >= 4 is 67.3 Å². The zero-order valence-electron chi connectivity index (χ0n) is 24.0. The summed E-state index contributed by atoms with van der Waals surface area (Å²) < 4.78 is 66.8. The third-order valence-corrected chi connectivity index (χ3v) is 10.9. The molecule has 18 nitrogen and oxygen atoms in total. The number of rotatable bonds is 2. The molecule has 2 radical (unpaired) electrons. The van der Waals surface area contributed by atoms with Crippen molar-refractivity contribution in [2.24, 2.45) is 0 Å². The second-order valence-corrected chi connectivity index (χ2v) is 15.5. The van der Waals surface area contributed by atoms with E-state index in [-0.39, 0.29) is 17.0 Å². The molecule has 23 heteroatoms. The van der Waals surface area contributed by atoms with E-state index in [4.69, 9.17) is 57.5 Å². The van der Waals surface area contributed by atoms with Gasteiger partial charge in [0.25, 0.3) is 7.47 Å². The number of aliphatic hydroxyl groups excluding tert-OH is 1. The molecule has 8 heterocycles. The highest BCUT2D eigenvalue weighted by atomic mass is 32.5. The molecule has 4 aliphatic heterocycles. The highest BCUT2D eigenvalue weighted by Gasteiger charge is 2.53. The molecule has 248 valence electrons. The van der Waals surface area contributed by atoms with Crippen LogP contribution in [0.4, 0.5) is 15.9 Å². The number of alkyl halides is 1. The molecule has 0 spiro atoms. The maximum absolute atomic E-state index is 16.1. The van der Waals surface area contributed by atoms with Gasteiger partial charge in [-0.25, -0.2) is 24.3 Å². The van der Waals surface area contributed by atoms with Crippen molar-refractivity contribution in [1.82, 2.24) is 29.1 Å². The number of hydrogen-bond acceptors (Lipinski definition) is 16. The monoisotopic (exact) mass is 710 g/mol. The van der Waals surface area contributed by atoms with Crippen LogP contribution in [0.25, 0.3) is 22.2 Å². The fourth-order valence-electron chi connectivity index (χ4n) is 6.19. The van der Waals surface area contributed by atoms with Crippen LogP contribution in [0.2, 0.25) is 0 Å². The van der Waals surface area contributed by atoms with Crippen molar-refractivity contribution in [1.29, 1.82) is 0 Å². The van der Waals surface area contributed by atoms with Crippen LogP contribution in [0.15, 0.2) is 31.1 Å². The molecular weight excluding hydrogens is 684 g/mol. The summed E-state index contributed by atoms with van der Waals surface area (Å²) in [5.41, 5.74) is 11.1. The average Bonchev–Trinajstić information content (AvgIpc) is 3.73. The number of fused-ring (bicyclic) bond motifs is 3. The first-order valence-corrected chi connectivity index (χ1v) is 18.5. The lowest BCUT2D eigenvalue weighted by Crippen LogP contribution is -2.38. The molecule has 8 rings (SSSR count). The minimum atomic E-state index is -4.48. The molecule has 0 aromatic carbocycles. The Kier molecular flexibility index (Phi) is 7.90. The summed E-state index contributed by atoms with van der Waals surface area (Å²) in [6.45, 7) is -4.98. The highest BCUT2D eigenvalue weighted by Crippen LogP contribution is 2.54. The van der Waals surface area contributed by atoms with Crippen molar-refractivity contribution < 1.29 is 51.4 Å². The third kappa shape index (κ3) is 5.57. The summed E-state index contributed by atoms with van der Waals surface area (Å²) in [6, 6.07) is 1.75. The van der Waals surface area contributed by atoms with E-state index in [9.17, 15) is 14.6 Å². The second kappa shape index (κ2) is 11.8. The lowest BCUT2D eigenvalue weighted by molar-refractivity contribution is -0.0574. The van der Waals surface area contributed by atoms with Crippen molar-refractivity contribution in [3.05, 3.63) is 36.7 Å². The summed E-state index contributed by atoms with van der Waals surface area (Å²) in [6.07, 6.45) is -5.20. The minimum Gasteiger partial charge on any atom is -0.386 e. The van der Waals surface area contributed by atoms with Gasteiger partial charge in [-0.15, -0.1) is 0 Å². The van der Waals surface area contributed by atoms with Crippen molar-refractivity contribution in [3.63, 3.8) is 0 Å². The Balaban J connectivity index is 1.08. The molecule has 4 unspecified atom stereocenters. The van der Waals surface area contributed by atoms with Gasteiger partial charge in [0.2, 0.25) is 7.57 Å². The van der Waals surface area contributed by atoms with Crippen molar-refractivity contribution in [2.45, 2.75) is 55.6 Å². The third-order valence-electron chi connectivity index (χ3n) is 8.30. The number of nitrogens with zero attached hydrogens (tertiary/aromatic N) is 6. The first kappa shape index (κ1) is 31.6. The highest BCUT2D eigenvalue weighted by molar-refractivity contribution is 8.07. The first-order chi connectivity index (χ1) is 22.5. The Morgan fingerprint density at radius 1 is 1.06 bits per heavy atom. The largest absolute Gasteiger partial charge is 0.386 e. The maximum Gasteiger partial charge on any atom is 0.325 e. The summed E-state index contributed by atoms with van der Waals surface area (Å²) in [5, 5.41) is 12.2. The Bertz CT molecular complexity index is 1960. The summed E-state index contributed by atoms with van der Waals surface area (Å²) >= 11 is 5.24. The van der Waals surface area contributed by atoms with E-state index in [1.165, 1.54) is 17.2 Å². The number of aromatic nitrogens is 6. The second-order valence-electron chi connectivity index (χ2n) is 11.2. The van der Waals surface area contributed by atoms with Gasteiger partial charge in [-0.3, -0.25) is 24.0 Å². The number of nitrogens with two attached hydrogens (primary N) is 1. The molecule has 4 aromatic rings. The van der Waals surface area contributed by atoms with E-state index in [1.54, 1.807) is 23.0 Å². The van der Waals surface area contributed by atoms with Gasteiger partial charge in [0.1, 0.15) is 48.0 Å². The minimum absolute atomic E-state index is 0.0677. The molecule has 0 bridgehead atoms. The average molecular weight is 710 g/mol. The van der Waals surface area contributed by atoms with E-state index in [2.05, 4.69) is 25.4 Å². The van der Waals surface area contributed by atoms with Gasteiger partial charge in [-0.2, -0.15) is 0 Å². The Labute approximate surface area is 270 Å². The first-order valence-electron chi connectivity index (χ1n) is 14.3. The maximum atomic E-state index is 16.1. The number of imidazole rings is 1. The van der Waals surface area contributed by atoms with Crippen molar-refractivity contribution in [2.75, 3.05) is 31.0 Å². The van der Waals surface area contributed by atoms with Crippen LogP contribution in [0.5, 0.6) is 0 Å². The molecule has 4 aromatic heterocycles. The van der Waals surface area contributed by atoms with E-state index >= 15 is 4.39 Å². The summed E-state index contributed by atoms with van der Waals surface area (Å²) in [4.78, 5) is 33.1. The fraction of sp³-hybridized carbons (Fsp3) is 0.500. The molecule has 5 N–H and O–H groups in total. The van der Waals surface area contributed by atoms with Gasteiger partial charge in [-0.1, -0.05) is 0 Å². The Hall–Kier alpha value is -2.65. The lowest BCUT2D eigenvalue weighted by atomic mass is 10.1. The number of hydrogen-bond donors (Lipinski definition) is 4. The van der Waals surface area contributed by atoms with Gasteiger partial charge in [0.15, 0.2) is 30.1 Å². The van der Waals surface area contributed by atoms with E-state index in [0.717, 1.165) is 10.9 Å².